The van der Waals surface area contributed by atoms with Gasteiger partial charge >= 0.3 is 0 Å². The van der Waals surface area contributed by atoms with Crippen LogP contribution in [0.15, 0.2) is 54.6 Å². The van der Waals surface area contributed by atoms with Crippen LogP contribution in [-0.2, 0) is 6.54 Å². The van der Waals surface area contributed by atoms with E-state index >= 15 is 0 Å². The number of carbonyl (C=O) groups is 1. The SMILES string of the molecule is COc1cc(C(=O)NCc2cccc3ccccc23)cc(I)c1OC. The van der Waals surface area contributed by atoms with Crippen LogP contribution in [0.4, 0.5) is 0 Å². The van der Waals surface area contributed by atoms with Gasteiger partial charge in [0.05, 0.1) is 17.8 Å². The van der Waals surface area contributed by atoms with Crippen LogP contribution in [0.1, 0.15) is 15.9 Å². The Morgan fingerprint density at radius 1 is 1.04 bits per heavy atom. The molecule has 1 amide bonds. The highest BCUT2D eigenvalue weighted by molar-refractivity contribution is 14.1. The van der Waals surface area contributed by atoms with Gasteiger partial charge in [0.1, 0.15) is 0 Å². The Kier molecular flexibility index (Phi) is 5.43. The van der Waals surface area contributed by atoms with Crippen molar-refractivity contribution in [3.8, 4) is 11.5 Å². The number of benzene rings is 3. The average molecular weight is 447 g/mol. The van der Waals surface area contributed by atoms with Gasteiger partial charge in [-0.1, -0.05) is 42.5 Å². The summed E-state index contributed by atoms with van der Waals surface area (Å²) in [6, 6.07) is 17.7. The van der Waals surface area contributed by atoms with Crippen LogP contribution in [0.2, 0.25) is 0 Å². The lowest BCUT2D eigenvalue weighted by molar-refractivity contribution is 0.0950. The minimum atomic E-state index is -0.146. The molecule has 0 bridgehead atoms. The summed E-state index contributed by atoms with van der Waals surface area (Å²) in [6.07, 6.45) is 0. The van der Waals surface area contributed by atoms with Crippen LogP contribution < -0.4 is 14.8 Å². The van der Waals surface area contributed by atoms with Gasteiger partial charge < -0.3 is 14.8 Å². The predicted octanol–water partition coefficient (Wildman–Crippen LogP) is 4.39. The van der Waals surface area contributed by atoms with Crippen LogP contribution in [0.3, 0.4) is 0 Å². The van der Waals surface area contributed by atoms with Crippen molar-refractivity contribution in [3.63, 3.8) is 0 Å². The molecule has 5 heteroatoms. The number of halogens is 1. The molecule has 25 heavy (non-hydrogen) atoms. The maximum atomic E-state index is 12.6. The lowest BCUT2D eigenvalue weighted by Gasteiger charge is -2.13. The summed E-state index contributed by atoms with van der Waals surface area (Å²) in [4.78, 5) is 12.6. The Balaban J connectivity index is 1.82. The molecule has 0 atom stereocenters. The molecule has 0 aromatic heterocycles. The molecule has 0 heterocycles. The summed E-state index contributed by atoms with van der Waals surface area (Å²) in [5.74, 6) is 1.03. The van der Waals surface area contributed by atoms with Crippen molar-refractivity contribution in [3.05, 3.63) is 69.3 Å². The number of fused-ring (bicyclic) bond motifs is 1. The molecule has 0 aliphatic heterocycles. The van der Waals surface area contributed by atoms with Crippen molar-refractivity contribution in [1.82, 2.24) is 5.32 Å². The summed E-state index contributed by atoms with van der Waals surface area (Å²) in [5.41, 5.74) is 1.63. The molecule has 0 aliphatic carbocycles. The second-order valence-electron chi connectivity index (χ2n) is 5.51. The molecule has 128 valence electrons. The first-order valence-corrected chi connectivity index (χ1v) is 8.88. The Morgan fingerprint density at radius 2 is 1.80 bits per heavy atom. The number of methoxy groups -OCH3 is 2. The molecular formula is C20H18INO3. The summed E-state index contributed by atoms with van der Waals surface area (Å²) in [5, 5.41) is 5.29. The molecule has 0 saturated heterocycles. The fourth-order valence-electron chi connectivity index (χ4n) is 2.77. The van der Waals surface area contributed by atoms with E-state index in [9.17, 15) is 4.79 Å². The first-order valence-electron chi connectivity index (χ1n) is 7.80. The summed E-state index contributed by atoms with van der Waals surface area (Å²) in [7, 11) is 3.14. The van der Waals surface area contributed by atoms with Gasteiger partial charge in [-0.25, -0.2) is 0 Å². The second-order valence-corrected chi connectivity index (χ2v) is 6.68. The lowest BCUT2D eigenvalue weighted by Crippen LogP contribution is -2.23. The van der Waals surface area contributed by atoms with Crippen molar-refractivity contribution in [2.45, 2.75) is 6.54 Å². The van der Waals surface area contributed by atoms with E-state index in [1.807, 2.05) is 24.3 Å². The van der Waals surface area contributed by atoms with Crippen LogP contribution in [0.5, 0.6) is 11.5 Å². The van der Waals surface area contributed by atoms with Gasteiger partial charge in [0.2, 0.25) is 0 Å². The standard InChI is InChI=1S/C20H18INO3/c1-24-18-11-15(10-17(21)19(18)25-2)20(23)22-12-14-8-5-7-13-6-3-4-9-16(13)14/h3-11H,12H2,1-2H3,(H,22,23). The van der Waals surface area contributed by atoms with Crippen LogP contribution >= 0.6 is 22.6 Å². The van der Waals surface area contributed by atoms with Crippen LogP contribution in [0, 0.1) is 3.57 Å². The normalized spacial score (nSPS) is 10.5. The zero-order valence-electron chi connectivity index (χ0n) is 14.0. The van der Waals surface area contributed by atoms with Crippen molar-refractivity contribution in [2.75, 3.05) is 14.2 Å². The van der Waals surface area contributed by atoms with E-state index in [2.05, 4.69) is 46.1 Å². The molecule has 3 aromatic rings. The monoisotopic (exact) mass is 447 g/mol. The molecule has 0 spiro atoms. The molecule has 0 unspecified atom stereocenters. The largest absolute Gasteiger partial charge is 0.493 e. The Morgan fingerprint density at radius 3 is 2.56 bits per heavy atom. The van der Waals surface area contributed by atoms with Gasteiger partial charge in [-0.3, -0.25) is 4.79 Å². The number of amides is 1. The fraction of sp³-hybridized carbons (Fsp3) is 0.150. The van der Waals surface area contributed by atoms with E-state index in [0.29, 0.717) is 23.6 Å². The van der Waals surface area contributed by atoms with Gasteiger partial charge in [0, 0.05) is 12.1 Å². The van der Waals surface area contributed by atoms with Gasteiger partial charge in [-0.05, 0) is 51.1 Å². The molecule has 0 fully saturated rings. The van der Waals surface area contributed by atoms with Crippen molar-refractivity contribution in [2.24, 2.45) is 0 Å². The first kappa shape index (κ1) is 17.5. The predicted molar refractivity (Wildman–Crippen MR) is 107 cm³/mol. The van der Waals surface area contributed by atoms with E-state index in [1.165, 1.54) is 0 Å². The number of nitrogens with one attached hydrogen (secondary N) is 1. The number of rotatable bonds is 5. The third-order valence-electron chi connectivity index (χ3n) is 4.02. The van der Waals surface area contributed by atoms with Crippen molar-refractivity contribution in [1.29, 1.82) is 0 Å². The highest BCUT2D eigenvalue weighted by Crippen LogP contribution is 2.33. The molecule has 0 aliphatic rings. The van der Waals surface area contributed by atoms with E-state index in [-0.39, 0.29) is 5.91 Å². The summed E-state index contributed by atoms with van der Waals surface area (Å²) >= 11 is 2.13. The number of ether oxygens (including phenoxy) is 2. The van der Waals surface area contributed by atoms with Gasteiger partial charge in [0.15, 0.2) is 11.5 Å². The lowest BCUT2D eigenvalue weighted by atomic mass is 10.0. The quantitative estimate of drug-likeness (QED) is 0.591. The topological polar surface area (TPSA) is 47.6 Å². The second kappa shape index (κ2) is 7.74. The van der Waals surface area contributed by atoms with E-state index in [0.717, 1.165) is 19.9 Å². The highest BCUT2D eigenvalue weighted by Gasteiger charge is 2.15. The molecule has 0 saturated carbocycles. The maximum Gasteiger partial charge on any atom is 0.251 e. The zero-order valence-corrected chi connectivity index (χ0v) is 16.2. The Hall–Kier alpha value is -2.28. The molecule has 3 rings (SSSR count). The summed E-state index contributed by atoms with van der Waals surface area (Å²) in [6.45, 7) is 0.463. The fourth-order valence-corrected chi connectivity index (χ4v) is 3.59. The van der Waals surface area contributed by atoms with Crippen LogP contribution in [-0.4, -0.2) is 20.1 Å². The minimum Gasteiger partial charge on any atom is -0.493 e. The molecule has 4 nitrogen and oxygen atoms in total. The van der Waals surface area contributed by atoms with Gasteiger partial charge in [-0.15, -0.1) is 0 Å². The smallest absolute Gasteiger partial charge is 0.251 e. The van der Waals surface area contributed by atoms with Crippen LogP contribution in [0.25, 0.3) is 10.8 Å². The van der Waals surface area contributed by atoms with Gasteiger partial charge in [-0.2, -0.15) is 0 Å². The third-order valence-corrected chi connectivity index (χ3v) is 4.82. The minimum absolute atomic E-state index is 0.146. The summed E-state index contributed by atoms with van der Waals surface area (Å²) < 4.78 is 11.5. The molecule has 1 N–H and O–H groups in total. The number of hydrogen-bond donors (Lipinski definition) is 1. The number of hydrogen-bond acceptors (Lipinski definition) is 3. The van der Waals surface area contributed by atoms with E-state index < -0.39 is 0 Å². The van der Waals surface area contributed by atoms with E-state index in [4.69, 9.17) is 9.47 Å². The Bertz CT molecular complexity index is 919. The number of carbonyl (C=O) groups excluding carboxylic acids is 1. The molecule has 0 radical (unpaired) electrons. The van der Waals surface area contributed by atoms with Gasteiger partial charge in [0.25, 0.3) is 5.91 Å². The third kappa shape index (κ3) is 3.71. The maximum absolute atomic E-state index is 12.6. The Labute approximate surface area is 160 Å². The highest BCUT2D eigenvalue weighted by atomic mass is 127. The molecule has 3 aromatic carbocycles. The zero-order chi connectivity index (χ0) is 17.8. The van der Waals surface area contributed by atoms with Crippen molar-refractivity contribution < 1.29 is 14.3 Å². The average Bonchev–Trinajstić information content (AvgIpc) is 2.65. The first-order chi connectivity index (χ1) is 12.1. The molecular weight excluding hydrogens is 429 g/mol. The van der Waals surface area contributed by atoms with E-state index in [1.54, 1.807) is 26.4 Å². The van der Waals surface area contributed by atoms with Crippen molar-refractivity contribution >= 4 is 39.3 Å².